The molecular formula is C14H23N. The fraction of sp³-hybridized carbons (Fsp3) is 0.500. The van der Waals surface area contributed by atoms with E-state index in [2.05, 4.69) is 57.8 Å². The van der Waals surface area contributed by atoms with Crippen LogP contribution in [0.15, 0.2) is 39.9 Å². The van der Waals surface area contributed by atoms with E-state index in [1.54, 1.807) is 0 Å². The summed E-state index contributed by atoms with van der Waals surface area (Å²) in [5.74, 6) is 0.417. The fourth-order valence-electron chi connectivity index (χ4n) is 1.69. The van der Waals surface area contributed by atoms with Crippen molar-refractivity contribution in [1.29, 1.82) is 0 Å². The summed E-state index contributed by atoms with van der Waals surface area (Å²) >= 11 is 0. The first-order valence-electron chi connectivity index (χ1n) is 5.46. The summed E-state index contributed by atoms with van der Waals surface area (Å²) in [5, 5.41) is 0. The first-order valence-corrected chi connectivity index (χ1v) is 5.46. The number of hydrogen-bond donors (Lipinski definition) is 0. The van der Waals surface area contributed by atoms with Gasteiger partial charge in [0.1, 0.15) is 0 Å². The zero-order valence-corrected chi connectivity index (χ0v) is 10.8. The van der Waals surface area contributed by atoms with Gasteiger partial charge in [-0.1, -0.05) is 30.7 Å². The van der Waals surface area contributed by atoms with E-state index < -0.39 is 0 Å². The molecule has 0 fully saturated rings. The van der Waals surface area contributed by atoms with Crippen LogP contribution in [0.5, 0.6) is 0 Å². The van der Waals surface area contributed by atoms with Crippen LogP contribution in [0.2, 0.25) is 0 Å². The minimum atomic E-state index is 0.417. The Bertz CT molecular complexity index is 299. The van der Waals surface area contributed by atoms with Crippen molar-refractivity contribution < 1.29 is 0 Å². The Morgan fingerprint density at radius 2 is 1.80 bits per heavy atom. The molecule has 0 bridgehead atoms. The molecule has 0 aromatic carbocycles. The molecule has 0 spiro atoms. The van der Waals surface area contributed by atoms with Crippen molar-refractivity contribution in [2.75, 3.05) is 7.05 Å². The Morgan fingerprint density at radius 1 is 1.20 bits per heavy atom. The van der Waals surface area contributed by atoms with Crippen molar-refractivity contribution >= 4 is 6.21 Å². The van der Waals surface area contributed by atoms with E-state index in [4.69, 9.17) is 0 Å². The summed E-state index contributed by atoms with van der Waals surface area (Å²) < 4.78 is 0. The molecule has 0 aliphatic heterocycles. The van der Waals surface area contributed by atoms with Gasteiger partial charge in [0.25, 0.3) is 0 Å². The van der Waals surface area contributed by atoms with Gasteiger partial charge in [0, 0.05) is 19.2 Å². The predicted molar refractivity (Wildman–Crippen MR) is 70.5 cm³/mol. The maximum absolute atomic E-state index is 4.09. The highest BCUT2D eigenvalue weighted by atomic mass is 14.6. The summed E-state index contributed by atoms with van der Waals surface area (Å²) in [6, 6.07) is 0. The monoisotopic (exact) mass is 205 g/mol. The Balaban J connectivity index is 5.11. The summed E-state index contributed by atoms with van der Waals surface area (Å²) in [6.07, 6.45) is 8.35. The molecule has 0 N–H and O–H groups in total. The maximum Gasteiger partial charge on any atom is 0.0277 e. The average molecular weight is 205 g/mol. The molecule has 15 heavy (non-hydrogen) atoms. The minimum Gasteiger partial charge on any atom is -0.296 e. The molecule has 0 saturated carbocycles. The van der Waals surface area contributed by atoms with Crippen LogP contribution in [0.25, 0.3) is 0 Å². The highest BCUT2D eigenvalue weighted by Gasteiger charge is 2.10. The normalized spacial score (nSPS) is 14.9. The molecule has 0 radical (unpaired) electrons. The number of nitrogens with zero attached hydrogens (tertiary/aromatic N) is 1. The molecule has 0 amide bonds. The molecule has 1 nitrogen and oxygen atoms in total. The highest BCUT2D eigenvalue weighted by Crippen LogP contribution is 2.23. The number of rotatable bonds is 4. The third-order valence-corrected chi connectivity index (χ3v) is 2.50. The second kappa shape index (κ2) is 7.22. The van der Waals surface area contributed by atoms with E-state index >= 15 is 0 Å². The standard InChI is InChI=1S/C14H23N/c1-7-9-14(11(3)4)12(5)13(8-2)10-15-6/h7-10,12H,1-6H3/b9-7-,13-8+,15-10?. The van der Waals surface area contributed by atoms with Gasteiger partial charge >= 0.3 is 0 Å². The van der Waals surface area contributed by atoms with Gasteiger partial charge in [-0.05, 0) is 38.8 Å². The van der Waals surface area contributed by atoms with E-state index in [1.165, 1.54) is 16.7 Å². The zero-order chi connectivity index (χ0) is 11.8. The lowest BCUT2D eigenvalue weighted by Gasteiger charge is -2.15. The molecule has 84 valence electrons. The lowest BCUT2D eigenvalue weighted by Crippen LogP contribution is -2.04. The van der Waals surface area contributed by atoms with E-state index in [0.29, 0.717) is 5.92 Å². The molecule has 0 aliphatic carbocycles. The van der Waals surface area contributed by atoms with E-state index in [0.717, 1.165) is 0 Å². The minimum absolute atomic E-state index is 0.417. The molecule has 0 rings (SSSR count). The van der Waals surface area contributed by atoms with E-state index in [-0.39, 0.29) is 0 Å². The highest BCUT2D eigenvalue weighted by molar-refractivity contribution is 5.80. The number of hydrogen-bond acceptors (Lipinski definition) is 1. The van der Waals surface area contributed by atoms with E-state index in [1.807, 2.05) is 13.3 Å². The Kier molecular flexibility index (Phi) is 6.68. The molecule has 1 heteroatoms. The zero-order valence-electron chi connectivity index (χ0n) is 10.8. The predicted octanol–water partition coefficient (Wildman–Crippen LogP) is 4.18. The quantitative estimate of drug-likeness (QED) is 0.482. The third kappa shape index (κ3) is 4.28. The van der Waals surface area contributed by atoms with Crippen molar-refractivity contribution in [3.63, 3.8) is 0 Å². The van der Waals surface area contributed by atoms with Gasteiger partial charge in [-0.25, -0.2) is 0 Å². The van der Waals surface area contributed by atoms with Crippen molar-refractivity contribution in [3.05, 3.63) is 34.9 Å². The van der Waals surface area contributed by atoms with Crippen LogP contribution in [-0.2, 0) is 0 Å². The summed E-state index contributed by atoms with van der Waals surface area (Å²) in [4.78, 5) is 4.09. The molecule has 0 saturated heterocycles. The van der Waals surface area contributed by atoms with Gasteiger partial charge in [0.15, 0.2) is 0 Å². The fourth-order valence-corrected chi connectivity index (χ4v) is 1.69. The Hall–Kier alpha value is -1.11. The van der Waals surface area contributed by atoms with Gasteiger partial charge in [0.05, 0.1) is 0 Å². The number of allylic oxidation sites excluding steroid dienone is 6. The van der Waals surface area contributed by atoms with Crippen LogP contribution in [0.3, 0.4) is 0 Å². The topological polar surface area (TPSA) is 12.4 Å². The van der Waals surface area contributed by atoms with Crippen LogP contribution < -0.4 is 0 Å². The SMILES string of the molecule is C/C=C\C(=C(C)C)C(C)/C(C=NC)=C/C. The van der Waals surface area contributed by atoms with Gasteiger partial charge in [-0.3, -0.25) is 4.99 Å². The first-order chi connectivity index (χ1) is 7.08. The van der Waals surface area contributed by atoms with Crippen LogP contribution in [0.1, 0.15) is 34.6 Å². The van der Waals surface area contributed by atoms with Crippen molar-refractivity contribution in [2.24, 2.45) is 10.9 Å². The largest absolute Gasteiger partial charge is 0.296 e. The molecule has 0 aromatic heterocycles. The molecule has 1 unspecified atom stereocenters. The van der Waals surface area contributed by atoms with Gasteiger partial charge in [0.2, 0.25) is 0 Å². The molecule has 0 aliphatic rings. The van der Waals surface area contributed by atoms with Crippen LogP contribution in [0.4, 0.5) is 0 Å². The van der Waals surface area contributed by atoms with Crippen LogP contribution >= 0.6 is 0 Å². The summed E-state index contributed by atoms with van der Waals surface area (Å²) in [6.45, 7) is 10.6. The molecular weight excluding hydrogens is 182 g/mol. The lowest BCUT2D eigenvalue weighted by atomic mass is 9.90. The van der Waals surface area contributed by atoms with Crippen LogP contribution in [-0.4, -0.2) is 13.3 Å². The van der Waals surface area contributed by atoms with Crippen molar-refractivity contribution in [2.45, 2.75) is 34.6 Å². The van der Waals surface area contributed by atoms with Crippen LogP contribution in [0, 0.1) is 5.92 Å². The van der Waals surface area contributed by atoms with E-state index in [9.17, 15) is 0 Å². The van der Waals surface area contributed by atoms with Gasteiger partial charge < -0.3 is 0 Å². The second-order valence-electron chi connectivity index (χ2n) is 3.85. The van der Waals surface area contributed by atoms with Crippen molar-refractivity contribution in [1.82, 2.24) is 0 Å². The second-order valence-corrected chi connectivity index (χ2v) is 3.85. The third-order valence-electron chi connectivity index (χ3n) is 2.50. The smallest absolute Gasteiger partial charge is 0.0277 e. The summed E-state index contributed by atoms with van der Waals surface area (Å²) in [5.41, 5.74) is 4.02. The number of aliphatic imine (C=N–C) groups is 1. The van der Waals surface area contributed by atoms with Gasteiger partial charge in [-0.15, -0.1) is 0 Å². The Morgan fingerprint density at radius 3 is 2.13 bits per heavy atom. The maximum atomic E-state index is 4.09. The molecule has 0 aromatic rings. The molecule has 1 atom stereocenters. The van der Waals surface area contributed by atoms with Crippen molar-refractivity contribution in [3.8, 4) is 0 Å². The van der Waals surface area contributed by atoms with Gasteiger partial charge in [-0.2, -0.15) is 0 Å². The first kappa shape index (κ1) is 13.9. The average Bonchev–Trinajstić information content (AvgIpc) is 2.21. The molecule has 0 heterocycles. The summed E-state index contributed by atoms with van der Waals surface area (Å²) in [7, 11) is 1.81. The Labute approximate surface area is 94.3 Å². The lowest BCUT2D eigenvalue weighted by molar-refractivity contribution is 0.845.